The second-order valence-electron chi connectivity index (χ2n) is 11.8. The molecule has 222 valence electrons. The number of rotatable bonds is 5. The molecule has 1 aliphatic rings. The summed E-state index contributed by atoms with van der Waals surface area (Å²) in [6.45, 7) is 0. The monoisotopic (exact) mass is 603 g/mol. The molecule has 0 aliphatic carbocycles. The summed E-state index contributed by atoms with van der Waals surface area (Å²) in [4.78, 5) is 10.3. The number of nitrogens with zero attached hydrogens (tertiary/aromatic N) is 2. The van der Waals surface area contributed by atoms with Crippen LogP contribution in [0, 0.1) is 0 Å². The van der Waals surface area contributed by atoms with Crippen LogP contribution in [-0.2, 0) is 0 Å². The van der Waals surface area contributed by atoms with E-state index in [1.165, 1.54) is 16.3 Å². The predicted octanol–water partition coefficient (Wildman–Crippen LogP) is 10.6. The second kappa shape index (κ2) is 11.3. The van der Waals surface area contributed by atoms with Crippen molar-refractivity contribution in [1.82, 2.24) is 5.32 Å². The molecule has 0 spiro atoms. The van der Waals surface area contributed by atoms with E-state index in [0.717, 1.165) is 61.2 Å². The lowest BCUT2D eigenvalue weighted by atomic mass is 9.99. The van der Waals surface area contributed by atoms with Gasteiger partial charge in [-0.05, 0) is 45.2 Å². The number of fused-ring (bicyclic) bond motifs is 4. The van der Waals surface area contributed by atoms with Crippen molar-refractivity contribution in [2.45, 2.75) is 6.17 Å². The number of aliphatic imine (C=N–C) groups is 2. The molecule has 7 aromatic carbocycles. The van der Waals surface area contributed by atoms with Gasteiger partial charge in [-0.2, -0.15) is 0 Å². The van der Waals surface area contributed by atoms with Crippen LogP contribution in [0.4, 0.5) is 0 Å². The van der Waals surface area contributed by atoms with E-state index in [2.05, 4.69) is 133 Å². The maximum Gasteiger partial charge on any atom is 0.159 e. The summed E-state index contributed by atoms with van der Waals surface area (Å²) >= 11 is 0. The maximum atomic E-state index is 6.56. The second-order valence-corrected chi connectivity index (χ2v) is 11.8. The minimum absolute atomic E-state index is 0.299. The first-order chi connectivity index (χ1) is 23.3. The summed E-state index contributed by atoms with van der Waals surface area (Å²) < 4.78 is 6.56. The van der Waals surface area contributed by atoms with E-state index >= 15 is 0 Å². The number of para-hydroxylation sites is 1. The highest BCUT2D eigenvalue weighted by molar-refractivity contribution is 6.22. The number of furan rings is 1. The van der Waals surface area contributed by atoms with Crippen molar-refractivity contribution in [3.8, 4) is 22.3 Å². The molecule has 0 bridgehead atoms. The quantitative estimate of drug-likeness (QED) is 0.213. The van der Waals surface area contributed by atoms with E-state index in [1.54, 1.807) is 0 Å². The zero-order valence-corrected chi connectivity index (χ0v) is 25.5. The van der Waals surface area contributed by atoms with Crippen molar-refractivity contribution in [2.75, 3.05) is 0 Å². The van der Waals surface area contributed by atoms with Gasteiger partial charge < -0.3 is 9.73 Å². The normalized spacial score (nSPS) is 14.6. The first-order valence-electron chi connectivity index (χ1n) is 15.9. The molecule has 9 rings (SSSR count). The lowest BCUT2D eigenvalue weighted by Gasteiger charge is -2.24. The van der Waals surface area contributed by atoms with E-state index in [9.17, 15) is 0 Å². The van der Waals surface area contributed by atoms with Crippen molar-refractivity contribution in [2.24, 2.45) is 9.98 Å². The van der Waals surface area contributed by atoms with Crippen LogP contribution in [0.3, 0.4) is 0 Å². The third-order valence-electron chi connectivity index (χ3n) is 8.95. The van der Waals surface area contributed by atoms with Crippen LogP contribution in [0.2, 0.25) is 0 Å². The molecule has 8 aromatic rings. The minimum Gasteiger partial charge on any atom is -0.455 e. The Kier molecular flexibility index (Phi) is 6.50. The number of hydrogen-bond acceptors (Lipinski definition) is 4. The van der Waals surface area contributed by atoms with Gasteiger partial charge in [0.25, 0.3) is 0 Å². The smallest absolute Gasteiger partial charge is 0.159 e. The molecule has 4 nitrogen and oxygen atoms in total. The third-order valence-corrected chi connectivity index (χ3v) is 8.95. The Bertz CT molecular complexity index is 2480. The highest BCUT2D eigenvalue weighted by atomic mass is 16.3. The van der Waals surface area contributed by atoms with E-state index in [1.807, 2.05) is 36.4 Å². The Morgan fingerprint density at radius 3 is 2.02 bits per heavy atom. The number of nitrogens with one attached hydrogen (secondary N) is 1. The molecule has 0 radical (unpaired) electrons. The van der Waals surface area contributed by atoms with Crippen molar-refractivity contribution in [1.29, 1.82) is 0 Å². The molecule has 47 heavy (non-hydrogen) atoms. The van der Waals surface area contributed by atoms with Crippen LogP contribution >= 0.6 is 0 Å². The van der Waals surface area contributed by atoms with Crippen LogP contribution in [0.1, 0.15) is 22.9 Å². The van der Waals surface area contributed by atoms with Crippen molar-refractivity contribution >= 4 is 44.4 Å². The summed E-state index contributed by atoms with van der Waals surface area (Å²) in [5.41, 5.74) is 9.24. The molecule has 4 heteroatoms. The lowest BCUT2D eigenvalue weighted by Crippen LogP contribution is -2.33. The van der Waals surface area contributed by atoms with Crippen LogP contribution in [-0.4, -0.2) is 11.7 Å². The van der Waals surface area contributed by atoms with Gasteiger partial charge in [0.1, 0.15) is 23.2 Å². The van der Waals surface area contributed by atoms with Gasteiger partial charge in [-0.25, -0.2) is 9.98 Å². The Labute approximate surface area is 272 Å². The number of hydrogen-bond donors (Lipinski definition) is 1. The molecule has 2 heterocycles. The fourth-order valence-corrected chi connectivity index (χ4v) is 6.59. The Morgan fingerprint density at radius 1 is 0.511 bits per heavy atom. The lowest BCUT2D eigenvalue weighted by molar-refractivity contribution is 0.668. The maximum absolute atomic E-state index is 6.56. The Balaban J connectivity index is 1.16. The molecule has 1 N–H and O–H groups in total. The largest absolute Gasteiger partial charge is 0.455 e. The Morgan fingerprint density at radius 2 is 1.19 bits per heavy atom. The van der Waals surface area contributed by atoms with Crippen LogP contribution in [0.5, 0.6) is 0 Å². The van der Waals surface area contributed by atoms with Gasteiger partial charge in [0.15, 0.2) is 5.84 Å². The first-order valence-corrected chi connectivity index (χ1v) is 15.9. The van der Waals surface area contributed by atoms with E-state index in [0.29, 0.717) is 5.84 Å². The molecule has 1 aliphatic heterocycles. The van der Waals surface area contributed by atoms with E-state index < -0.39 is 0 Å². The third kappa shape index (κ3) is 4.88. The number of amidine groups is 2. The molecule has 1 aromatic heterocycles. The molecule has 1 atom stereocenters. The zero-order valence-electron chi connectivity index (χ0n) is 25.5. The zero-order chi connectivity index (χ0) is 31.2. The summed E-state index contributed by atoms with van der Waals surface area (Å²) in [7, 11) is 0. The predicted molar refractivity (Wildman–Crippen MR) is 194 cm³/mol. The average Bonchev–Trinajstić information content (AvgIpc) is 3.54. The summed E-state index contributed by atoms with van der Waals surface area (Å²) in [6.07, 6.45) is -0.299. The highest BCUT2D eigenvalue weighted by Crippen LogP contribution is 2.38. The molecule has 0 saturated heterocycles. The van der Waals surface area contributed by atoms with Crippen molar-refractivity contribution < 1.29 is 4.42 Å². The van der Waals surface area contributed by atoms with Gasteiger partial charge in [-0.15, -0.1) is 0 Å². The average molecular weight is 604 g/mol. The SMILES string of the molecule is c1ccc(-c2cccc3c2oc2cccc(C4=NC(c5ccc(-c6ccc7ccccc7c6)cc5)=NC(c5ccccc5)N4)c23)cc1. The summed E-state index contributed by atoms with van der Waals surface area (Å²) in [6, 6.07) is 56.9. The van der Waals surface area contributed by atoms with Gasteiger partial charge >= 0.3 is 0 Å². The van der Waals surface area contributed by atoms with Crippen molar-refractivity contribution in [3.05, 3.63) is 180 Å². The number of benzene rings is 7. The molecule has 1 unspecified atom stereocenters. The van der Waals surface area contributed by atoms with Gasteiger partial charge in [-0.3, -0.25) is 0 Å². The first kappa shape index (κ1) is 27.1. The summed E-state index contributed by atoms with van der Waals surface area (Å²) in [5.74, 6) is 1.45. The van der Waals surface area contributed by atoms with Crippen molar-refractivity contribution in [3.63, 3.8) is 0 Å². The van der Waals surface area contributed by atoms with Crippen LogP contribution in [0.15, 0.2) is 178 Å². The molecular weight excluding hydrogens is 574 g/mol. The van der Waals surface area contributed by atoms with Gasteiger partial charge in [0.05, 0.1) is 0 Å². The standard InChI is InChI=1S/C43H29N3O/c1-3-12-30(13-4-1)35-17-9-18-36-39-37(19-10-20-38(39)47-40(35)36)43-45-41(31-14-5-2-6-15-31)44-42(46-43)32-24-21-29(22-25-32)34-26-23-28-11-7-8-16-33(28)27-34/h1-27,41H,(H,44,45,46). The fourth-order valence-electron chi connectivity index (χ4n) is 6.59. The van der Waals surface area contributed by atoms with E-state index in [4.69, 9.17) is 14.4 Å². The molecular formula is C43H29N3O. The molecule has 0 saturated carbocycles. The summed E-state index contributed by atoms with van der Waals surface area (Å²) in [5, 5.41) is 8.21. The Hall–Kier alpha value is -6.26. The minimum atomic E-state index is -0.299. The molecule has 0 fully saturated rings. The topological polar surface area (TPSA) is 49.9 Å². The highest BCUT2D eigenvalue weighted by Gasteiger charge is 2.24. The van der Waals surface area contributed by atoms with Crippen LogP contribution < -0.4 is 5.32 Å². The van der Waals surface area contributed by atoms with Gasteiger partial charge in [0, 0.05) is 27.5 Å². The van der Waals surface area contributed by atoms with E-state index in [-0.39, 0.29) is 6.17 Å². The molecule has 0 amide bonds. The fraction of sp³-hybridized carbons (Fsp3) is 0.0233. The van der Waals surface area contributed by atoms with Gasteiger partial charge in [-0.1, -0.05) is 152 Å². The van der Waals surface area contributed by atoms with Crippen LogP contribution in [0.25, 0.3) is 55.0 Å². The van der Waals surface area contributed by atoms with Gasteiger partial charge in [0.2, 0.25) is 0 Å².